The standard InChI is InChI=1S/C16H16FNO/c17-15-9-5-4-8-14(15)10-18-11-16(19-12-18)13-6-2-1-3-7-13/h1-9,16H,10-12H2. The smallest absolute Gasteiger partial charge is 0.127 e. The van der Waals surface area contributed by atoms with Gasteiger partial charge in [-0.25, -0.2) is 4.39 Å². The quantitative estimate of drug-likeness (QED) is 0.836. The highest BCUT2D eigenvalue weighted by Crippen LogP contribution is 2.25. The van der Waals surface area contributed by atoms with E-state index < -0.39 is 0 Å². The van der Waals surface area contributed by atoms with Crippen LogP contribution in [0.2, 0.25) is 0 Å². The summed E-state index contributed by atoms with van der Waals surface area (Å²) in [7, 11) is 0. The first-order valence-electron chi connectivity index (χ1n) is 6.45. The van der Waals surface area contributed by atoms with Crippen molar-refractivity contribution in [3.8, 4) is 0 Å². The molecule has 0 aliphatic carbocycles. The van der Waals surface area contributed by atoms with Crippen molar-refractivity contribution in [2.45, 2.75) is 12.6 Å². The Bertz CT molecular complexity index is 543. The monoisotopic (exact) mass is 257 g/mol. The lowest BCUT2D eigenvalue weighted by Gasteiger charge is -2.14. The van der Waals surface area contributed by atoms with E-state index in [0.717, 1.165) is 12.1 Å². The van der Waals surface area contributed by atoms with Crippen LogP contribution in [0.4, 0.5) is 4.39 Å². The fourth-order valence-corrected chi connectivity index (χ4v) is 2.38. The summed E-state index contributed by atoms with van der Waals surface area (Å²) in [6.45, 7) is 1.95. The van der Waals surface area contributed by atoms with Gasteiger partial charge in [0.2, 0.25) is 0 Å². The average molecular weight is 257 g/mol. The Kier molecular flexibility index (Phi) is 3.58. The van der Waals surface area contributed by atoms with Gasteiger partial charge in [-0.15, -0.1) is 0 Å². The summed E-state index contributed by atoms with van der Waals surface area (Å²) < 4.78 is 19.4. The van der Waals surface area contributed by atoms with Crippen molar-refractivity contribution in [3.05, 3.63) is 71.5 Å². The van der Waals surface area contributed by atoms with Gasteiger partial charge in [0.15, 0.2) is 0 Å². The van der Waals surface area contributed by atoms with Gasteiger partial charge in [-0.05, 0) is 11.6 Å². The van der Waals surface area contributed by atoms with Crippen molar-refractivity contribution in [1.29, 1.82) is 0 Å². The summed E-state index contributed by atoms with van der Waals surface area (Å²) in [6.07, 6.45) is 0.0907. The van der Waals surface area contributed by atoms with E-state index in [1.54, 1.807) is 6.07 Å². The molecule has 0 N–H and O–H groups in total. The number of hydrogen-bond donors (Lipinski definition) is 0. The zero-order valence-corrected chi connectivity index (χ0v) is 10.6. The number of hydrogen-bond acceptors (Lipinski definition) is 2. The number of ether oxygens (including phenoxy) is 1. The summed E-state index contributed by atoms with van der Waals surface area (Å²) >= 11 is 0. The molecule has 1 saturated heterocycles. The van der Waals surface area contributed by atoms with Gasteiger partial charge in [-0.1, -0.05) is 48.5 Å². The van der Waals surface area contributed by atoms with E-state index in [1.165, 1.54) is 11.6 Å². The Balaban J connectivity index is 1.65. The SMILES string of the molecule is Fc1ccccc1CN1COC(c2ccccc2)C1. The van der Waals surface area contributed by atoms with Gasteiger partial charge in [0.05, 0.1) is 6.10 Å². The molecular weight excluding hydrogens is 241 g/mol. The first kappa shape index (κ1) is 12.3. The lowest BCUT2D eigenvalue weighted by Crippen LogP contribution is -2.20. The van der Waals surface area contributed by atoms with Gasteiger partial charge >= 0.3 is 0 Å². The summed E-state index contributed by atoms with van der Waals surface area (Å²) in [5.74, 6) is -0.148. The molecule has 1 heterocycles. The normalized spacial score (nSPS) is 19.7. The maximum absolute atomic E-state index is 13.6. The second-order valence-electron chi connectivity index (χ2n) is 4.80. The molecule has 1 fully saturated rings. The molecule has 2 aromatic rings. The van der Waals surface area contributed by atoms with Crippen LogP contribution >= 0.6 is 0 Å². The third kappa shape index (κ3) is 2.83. The van der Waals surface area contributed by atoms with E-state index in [4.69, 9.17) is 4.74 Å². The minimum Gasteiger partial charge on any atom is -0.357 e. The van der Waals surface area contributed by atoms with Crippen LogP contribution in [0, 0.1) is 5.82 Å². The van der Waals surface area contributed by atoms with Gasteiger partial charge < -0.3 is 4.74 Å². The van der Waals surface area contributed by atoms with Crippen molar-refractivity contribution < 1.29 is 9.13 Å². The Labute approximate surface area is 112 Å². The fourth-order valence-electron chi connectivity index (χ4n) is 2.38. The predicted octanol–water partition coefficient (Wildman–Crippen LogP) is 3.36. The Hall–Kier alpha value is -1.71. The van der Waals surface area contributed by atoms with E-state index >= 15 is 0 Å². The van der Waals surface area contributed by atoms with E-state index in [2.05, 4.69) is 17.0 Å². The Morgan fingerprint density at radius 2 is 1.79 bits per heavy atom. The molecule has 2 nitrogen and oxygen atoms in total. The predicted molar refractivity (Wildman–Crippen MR) is 71.9 cm³/mol. The van der Waals surface area contributed by atoms with Crippen LogP contribution in [0.5, 0.6) is 0 Å². The largest absolute Gasteiger partial charge is 0.357 e. The Morgan fingerprint density at radius 1 is 1.05 bits per heavy atom. The van der Waals surface area contributed by atoms with Gasteiger partial charge in [0, 0.05) is 18.7 Å². The van der Waals surface area contributed by atoms with Crippen molar-refractivity contribution >= 4 is 0 Å². The molecular formula is C16H16FNO. The maximum Gasteiger partial charge on any atom is 0.127 e. The van der Waals surface area contributed by atoms with Gasteiger partial charge in [-0.2, -0.15) is 0 Å². The van der Waals surface area contributed by atoms with Crippen LogP contribution in [0.3, 0.4) is 0 Å². The molecule has 0 saturated carbocycles. The summed E-state index contributed by atoms with van der Waals surface area (Å²) in [4.78, 5) is 2.12. The van der Waals surface area contributed by atoms with Crippen LogP contribution in [-0.2, 0) is 11.3 Å². The third-order valence-corrected chi connectivity index (χ3v) is 3.41. The van der Waals surface area contributed by atoms with Crippen LogP contribution in [-0.4, -0.2) is 18.2 Å². The van der Waals surface area contributed by atoms with Crippen molar-refractivity contribution in [2.75, 3.05) is 13.3 Å². The van der Waals surface area contributed by atoms with Crippen LogP contribution in [0.1, 0.15) is 17.2 Å². The molecule has 1 unspecified atom stereocenters. The van der Waals surface area contributed by atoms with Crippen molar-refractivity contribution in [1.82, 2.24) is 4.90 Å². The fraction of sp³-hybridized carbons (Fsp3) is 0.250. The molecule has 1 aliphatic rings. The van der Waals surface area contributed by atoms with Crippen LogP contribution in [0.15, 0.2) is 54.6 Å². The maximum atomic E-state index is 13.6. The van der Waals surface area contributed by atoms with Crippen LogP contribution < -0.4 is 0 Å². The molecule has 3 heteroatoms. The number of benzene rings is 2. The average Bonchev–Trinajstić information content (AvgIpc) is 2.91. The van der Waals surface area contributed by atoms with Crippen LogP contribution in [0.25, 0.3) is 0 Å². The Morgan fingerprint density at radius 3 is 2.58 bits per heavy atom. The number of halogens is 1. The second kappa shape index (κ2) is 5.51. The zero-order valence-electron chi connectivity index (χ0n) is 10.6. The second-order valence-corrected chi connectivity index (χ2v) is 4.80. The highest BCUT2D eigenvalue weighted by atomic mass is 19.1. The molecule has 19 heavy (non-hydrogen) atoms. The molecule has 98 valence electrons. The highest BCUT2D eigenvalue weighted by Gasteiger charge is 2.24. The van der Waals surface area contributed by atoms with Gasteiger partial charge in [-0.3, -0.25) is 4.90 Å². The lowest BCUT2D eigenvalue weighted by molar-refractivity contribution is 0.0878. The minimum absolute atomic E-state index is 0.0907. The summed E-state index contributed by atoms with van der Waals surface area (Å²) in [6, 6.07) is 17.1. The highest BCUT2D eigenvalue weighted by molar-refractivity contribution is 5.20. The third-order valence-electron chi connectivity index (χ3n) is 3.41. The summed E-state index contributed by atoms with van der Waals surface area (Å²) in [5, 5.41) is 0. The first-order chi connectivity index (χ1) is 9.33. The molecule has 0 amide bonds. The minimum atomic E-state index is -0.148. The first-order valence-corrected chi connectivity index (χ1v) is 6.45. The molecule has 0 spiro atoms. The zero-order chi connectivity index (χ0) is 13.1. The van der Waals surface area contributed by atoms with Gasteiger partial charge in [0.1, 0.15) is 12.5 Å². The van der Waals surface area contributed by atoms with E-state index in [-0.39, 0.29) is 11.9 Å². The molecule has 0 aromatic heterocycles. The molecule has 1 atom stereocenters. The summed E-state index contributed by atoms with van der Waals surface area (Å²) in [5.41, 5.74) is 1.90. The van der Waals surface area contributed by atoms with E-state index in [1.807, 2.05) is 30.3 Å². The molecule has 3 rings (SSSR count). The number of rotatable bonds is 3. The van der Waals surface area contributed by atoms with Crippen molar-refractivity contribution in [2.24, 2.45) is 0 Å². The molecule has 0 bridgehead atoms. The molecule has 2 aromatic carbocycles. The van der Waals surface area contributed by atoms with E-state index in [0.29, 0.717) is 13.3 Å². The lowest BCUT2D eigenvalue weighted by atomic mass is 10.1. The molecule has 1 aliphatic heterocycles. The van der Waals surface area contributed by atoms with E-state index in [9.17, 15) is 4.39 Å². The number of nitrogens with zero attached hydrogens (tertiary/aromatic N) is 1. The topological polar surface area (TPSA) is 12.5 Å². The van der Waals surface area contributed by atoms with Crippen molar-refractivity contribution in [3.63, 3.8) is 0 Å². The molecule has 0 radical (unpaired) electrons. The van der Waals surface area contributed by atoms with Gasteiger partial charge in [0.25, 0.3) is 0 Å².